The fraction of sp³-hybridized carbons (Fsp3) is 1.00. The summed E-state index contributed by atoms with van der Waals surface area (Å²) in [6.07, 6.45) is -5.24. The van der Waals surface area contributed by atoms with E-state index < -0.39 is 43.4 Å². The van der Waals surface area contributed by atoms with Crippen molar-refractivity contribution in [2.24, 2.45) is 0 Å². The summed E-state index contributed by atoms with van der Waals surface area (Å²) in [4.78, 5) is 0. The largest absolute Gasteiger partial charge is 0.394 e. The summed E-state index contributed by atoms with van der Waals surface area (Å²) < 4.78 is 10.4. The highest BCUT2D eigenvalue weighted by Gasteiger charge is 2.44. The van der Waals surface area contributed by atoms with E-state index in [1.54, 1.807) is 0 Å². The highest BCUT2D eigenvalue weighted by atomic mass is 16.7. The first-order valence-electron chi connectivity index (χ1n) is 7.32. The topological polar surface area (TPSA) is 132 Å². The summed E-state index contributed by atoms with van der Waals surface area (Å²) in [5.41, 5.74) is 0. The second-order valence-electron chi connectivity index (χ2n) is 5.24. The van der Waals surface area contributed by atoms with Gasteiger partial charge in [-0.05, 0) is 13.0 Å². The van der Waals surface area contributed by atoms with Gasteiger partial charge in [-0.2, -0.15) is 0 Å². The fourth-order valence-electron chi connectivity index (χ4n) is 2.04. The van der Waals surface area contributed by atoms with E-state index in [1.165, 1.54) is 0 Å². The Hall–Kier alpha value is -0.320. The minimum atomic E-state index is -1.47. The zero-order valence-corrected chi connectivity index (χ0v) is 12.3. The summed E-state index contributed by atoms with van der Waals surface area (Å²) in [6, 6.07) is 0. The van der Waals surface area contributed by atoms with Crippen molar-refractivity contribution in [3.63, 3.8) is 0 Å². The minimum Gasteiger partial charge on any atom is -0.394 e. The normalized spacial score (nSPS) is 34.9. The molecule has 1 aliphatic heterocycles. The lowest BCUT2D eigenvalue weighted by atomic mass is 9.99. The highest BCUT2D eigenvalue weighted by molar-refractivity contribution is 4.88. The Bertz CT molecular complexity index is 279. The molecule has 0 spiro atoms. The van der Waals surface area contributed by atoms with E-state index in [-0.39, 0.29) is 6.61 Å². The molecule has 1 aliphatic rings. The highest BCUT2D eigenvalue weighted by Crippen LogP contribution is 2.21. The zero-order valence-electron chi connectivity index (χ0n) is 12.3. The van der Waals surface area contributed by atoms with E-state index in [1.807, 2.05) is 0 Å². The van der Waals surface area contributed by atoms with Crippen LogP contribution in [-0.4, -0.2) is 88.6 Å². The fourth-order valence-corrected chi connectivity index (χ4v) is 2.04. The molecule has 1 saturated heterocycles. The van der Waals surface area contributed by atoms with Crippen LogP contribution in [0.3, 0.4) is 0 Å². The van der Waals surface area contributed by atoms with Gasteiger partial charge in [-0.1, -0.05) is 13.3 Å². The molecule has 0 aromatic heterocycles. The molecule has 0 bridgehead atoms. The molecule has 1 rings (SSSR count). The molecule has 6 N–H and O–H groups in total. The SMILES string of the molecule is CCCCNCC(O)CO[C@@H]1O[C@H](CO)[C@@H](O)[C@H](O)[C@H]1O. The maximum Gasteiger partial charge on any atom is 0.186 e. The first kappa shape index (κ1) is 18.7. The number of unbranched alkanes of at least 4 members (excludes halogenated alkanes) is 1. The van der Waals surface area contributed by atoms with Crippen molar-refractivity contribution >= 4 is 0 Å². The molecular weight excluding hydrogens is 282 g/mol. The second-order valence-corrected chi connectivity index (χ2v) is 5.24. The van der Waals surface area contributed by atoms with Crippen LogP contribution in [0.2, 0.25) is 0 Å². The third-order valence-corrected chi connectivity index (χ3v) is 3.39. The number of aliphatic hydroxyl groups is 5. The Morgan fingerprint density at radius 3 is 2.52 bits per heavy atom. The van der Waals surface area contributed by atoms with Crippen LogP contribution < -0.4 is 5.32 Å². The third-order valence-electron chi connectivity index (χ3n) is 3.39. The molecule has 0 aliphatic carbocycles. The van der Waals surface area contributed by atoms with Gasteiger partial charge in [-0.3, -0.25) is 0 Å². The van der Waals surface area contributed by atoms with Crippen LogP contribution in [0, 0.1) is 0 Å². The molecule has 6 atom stereocenters. The molecule has 0 amide bonds. The lowest BCUT2D eigenvalue weighted by molar-refractivity contribution is -0.304. The van der Waals surface area contributed by atoms with E-state index in [9.17, 15) is 20.4 Å². The average Bonchev–Trinajstić information content (AvgIpc) is 2.48. The van der Waals surface area contributed by atoms with Gasteiger partial charge in [0.2, 0.25) is 0 Å². The predicted octanol–water partition coefficient (Wildman–Crippen LogP) is -2.45. The van der Waals surface area contributed by atoms with Crippen LogP contribution in [0.4, 0.5) is 0 Å². The Labute approximate surface area is 124 Å². The number of hydrogen-bond acceptors (Lipinski definition) is 8. The smallest absolute Gasteiger partial charge is 0.186 e. The molecule has 0 aromatic carbocycles. The van der Waals surface area contributed by atoms with Crippen LogP contribution in [-0.2, 0) is 9.47 Å². The maximum absolute atomic E-state index is 9.74. The van der Waals surface area contributed by atoms with Crippen LogP contribution in [0.25, 0.3) is 0 Å². The second kappa shape index (κ2) is 9.65. The van der Waals surface area contributed by atoms with Crippen molar-refractivity contribution in [2.45, 2.75) is 56.6 Å². The predicted molar refractivity (Wildman–Crippen MR) is 73.5 cm³/mol. The van der Waals surface area contributed by atoms with Crippen molar-refractivity contribution in [1.29, 1.82) is 0 Å². The van der Waals surface area contributed by atoms with Gasteiger partial charge in [-0.15, -0.1) is 0 Å². The minimum absolute atomic E-state index is 0.0954. The molecule has 1 unspecified atom stereocenters. The lowest BCUT2D eigenvalue weighted by Gasteiger charge is -2.39. The Morgan fingerprint density at radius 2 is 1.90 bits per heavy atom. The number of ether oxygens (including phenoxy) is 2. The summed E-state index contributed by atoms with van der Waals surface area (Å²) in [5, 5.41) is 50.8. The van der Waals surface area contributed by atoms with Gasteiger partial charge in [0.05, 0.1) is 19.3 Å². The summed E-state index contributed by atoms with van der Waals surface area (Å²) >= 11 is 0. The molecule has 0 radical (unpaired) electrons. The lowest BCUT2D eigenvalue weighted by Crippen LogP contribution is -2.59. The monoisotopic (exact) mass is 309 g/mol. The van der Waals surface area contributed by atoms with Crippen LogP contribution in [0.15, 0.2) is 0 Å². The summed E-state index contributed by atoms with van der Waals surface area (Å²) in [6.45, 7) is 2.61. The molecule has 0 saturated carbocycles. The zero-order chi connectivity index (χ0) is 15.8. The third kappa shape index (κ3) is 5.76. The summed E-state index contributed by atoms with van der Waals surface area (Å²) in [7, 11) is 0. The van der Waals surface area contributed by atoms with Gasteiger partial charge in [-0.25, -0.2) is 0 Å². The van der Waals surface area contributed by atoms with Gasteiger partial charge >= 0.3 is 0 Å². The summed E-state index contributed by atoms with van der Waals surface area (Å²) in [5.74, 6) is 0. The first-order valence-corrected chi connectivity index (χ1v) is 7.32. The number of aliphatic hydroxyl groups excluding tert-OH is 5. The van der Waals surface area contributed by atoms with E-state index in [2.05, 4.69) is 12.2 Å². The molecular formula is C13H27NO7. The van der Waals surface area contributed by atoms with Gasteiger partial charge in [0.1, 0.15) is 24.4 Å². The van der Waals surface area contributed by atoms with Gasteiger partial charge in [0, 0.05) is 6.54 Å². The molecule has 0 aromatic rings. The van der Waals surface area contributed by atoms with Crippen LogP contribution in [0.5, 0.6) is 0 Å². The molecule has 126 valence electrons. The molecule has 8 nitrogen and oxygen atoms in total. The van der Waals surface area contributed by atoms with Crippen molar-refractivity contribution in [3.05, 3.63) is 0 Å². The Kier molecular flexibility index (Phi) is 8.60. The van der Waals surface area contributed by atoms with Crippen molar-refractivity contribution in [3.8, 4) is 0 Å². The van der Waals surface area contributed by atoms with Crippen LogP contribution in [0.1, 0.15) is 19.8 Å². The van der Waals surface area contributed by atoms with E-state index in [0.29, 0.717) is 6.54 Å². The maximum atomic E-state index is 9.74. The molecule has 21 heavy (non-hydrogen) atoms. The van der Waals surface area contributed by atoms with Crippen molar-refractivity contribution in [2.75, 3.05) is 26.3 Å². The average molecular weight is 309 g/mol. The molecule has 1 heterocycles. The Balaban J connectivity index is 2.32. The standard InChI is InChI=1S/C13H27NO7/c1-2-3-4-14-5-8(16)7-20-13-12(19)11(18)10(17)9(6-15)21-13/h8-19H,2-7H2,1H3/t8?,9-,10-,11+,12-,13-/m1/s1. The quantitative estimate of drug-likeness (QED) is 0.259. The first-order chi connectivity index (χ1) is 10.0. The van der Waals surface area contributed by atoms with Gasteiger partial charge < -0.3 is 40.3 Å². The van der Waals surface area contributed by atoms with E-state index >= 15 is 0 Å². The van der Waals surface area contributed by atoms with E-state index in [0.717, 1.165) is 19.4 Å². The van der Waals surface area contributed by atoms with Crippen LogP contribution >= 0.6 is 0 Å². The number of nitrogens with one attached hydrogen (secondary N) is 1. The van der Waals surface area contributed by atoms with Crippen molar-refractivity contribution in [1.82, 2.24) is 5.32 Å². The van der Waals surface area contributed by atoms with Crippen molar-refractivity contribution < 1.29 is 35.0 Å². The Morgan fingerprint density at radius 1 is 1.19 bits per heavy atom. The number of rotatable bonds is 9. The van der Waals surface area contributed by atoms with Gasteiger partial charge in [0.15, 0.2) is 6.29 Å². The van der Waals surface area contributed by atoms with E-state index in [4.69, 9.17) is 14.6 Å². The van der Waals surface area contributed by atoms with Gasteiger partial charge in [0.25, 0.3) is 0 Å². The molecule has 1 fully saturated rings. The molecule has 8 heteroatoms. The number of hydrogen-bond donors (Lipinski definition) is 6.